The predicted octanol–water partition coefficient (Wildman–Crippen LogP) is 5.99. The Morgan fingerprint density at radius 3 is 1.23 bits per heavy atom. The summed E-state index contributed by atoms with van der Waals surface area (Å²) in [6, 6.07) is 0. The lowest BCUT2D eigenvalue weighted by molar-refractivity contribution is 0.139. The SMILES string of the molecule is CCCCCCCCCC(O)CCCCCC(O)CCCC. The molecule has 2 N–H and O–H groups in total. The monoisotopic (exact) mass is 314 g/mol. The van der Waals surface area contributed by atoms with Crippen molar-refractivity contribution in [1.82, 2.24) is 0 Å². The van der Waals surface area contributed by atoms with Crippen molar-refractivity contribution in [3.63, 3.8) is 0 Å². The van der Waals surface area contributed by atoms with Crippen LogP contribution in [0.5, 0.6) is 0 Å². The van der Waals surface area contributed by atoms with Crippen LogP contribution in [0.15, 0.2) is 0 Å². The van der Waals surface area contributed by atoms with Crippen LogP contribution in [0.1, 0.15) is 117 Å². The van der Waals surface area contributed by atoms with Crippen molar-refractivity contribution in [3.8, 4) is 0 Å². The van der Waals surface area contributed by atoms with Gasteiger partial charge >= 0.3 is 0 Å². The zero-order chi connectivity index (χ0) is 16.5. The smallest absolute Gasteiger partial charge is 0.0540 e. The number of hydrogen-bond donors (Lipinski definition) is 2. The molecule has 134 valence electrons. The average Bonchev–Trinajstić information content (AvgIpc) is 2.51. The van der Waals surface area contributed by atoms with Crippen LogP contribution in [0.4, 0.5) is 0 Å². The van der Waals surface area contributed by atoms with Gasteiger partial charge in [0, 0.05) is 0 Å². The minimum atomic E-state index is -0.0995. The van der Waals surface area contributed by atoms with E-state index in [-0.39, 0.29) is 12.2 Å². The van der Waals surface area contributed by atoms with Gasteiger partial charge in [0.2, 0.25) is 0 Å². The lowest BCUT2D eigenvalue weighted by Gasteiger charge is -2.12. The highest BCUT2D eigenvalue weighted by Gasteiger charge is 2.05. The van der Waals surface area contributed by atoms with E-state index in [9.17, 15) is 10.2 Å². The van der Waals surface area contributed by atoms with Crippen LogP contribution in [0.3, 0.4) is 0 Å². The van der Waals surface area contributed by atoms with E-state index in [1.54, 1.807) is 0 Å². The molecule has 2 heteroatoms. The maximum Gasteiger partial charge on any atom is 0.0540 e. The highest BCUT2D eigenvalue weighted by molar-refractivity contribution is 4.59. The van der Waals surface area contributed by atoms with Gasteiger partial charge in [-0.2, -0.15) is 0 Å². The molecule has 0 saturated carbocycles. The second-order valence-electron chi connectivity index (χ2n) is 7.00. The topological polar surface area (TPSA) is 40.5 Å². The van der Waals surface area contributed by atoms with Crippen LogP contribution >= 0.6 is 0 Å². The molecule has 0 bridgehead atoms. The minimum absolute atomic E-state index is 0.0966. The Morgan fingerprint density at radius 2 is 0.773 bits per heavy atom. The summed E-state index contributed by atoms with van der Waals surface area (Å²) in [5.41, 5.74) is 0. The number of aliphatic hydroxyl groups excluding tert-OH is 2. The summed E-state index contributed by atoms with van der Waals surface area (Å²) in [7, 11) is 0. The molecular weight excluding hydrogens is 272 g/mol. The lowest BCUT2D eigenvalue weighted by Crippen LogP contribution is -2.07. The van der Waals surface area contributed by atoms with Gasteiger partial charge in [-0.15, -0.1) is 0 Å². The van der Waals surface area contributed by atoms with Crippen molar-refractivity contribution >= 4 is 0 Å². The maximum absolute atomic E-state index is 9.97. The average molecular weight is 315 g/mol. The van der Waals surface area contributed by atoms with Crippen LogP contribution < -0.4 is 0 Å². The van der Waals surface area contributed by atoms with Gasteiger partial charge in [0.1, 0.15) is 0 Å². The van der Waals surface area contributed by atoms with Gasteiger partial charge in [0.25, 0.3) is 0 Å². The van der Waals surface area contributed by atoms with Crippen LogP contribution in [0, 0.1) is 0 Å². The van der Waals surface area contributed by atoms with Gasteiger partial charge in [0.05, 0.1) is 12.2 Å². The Labute approximate surface area is 139 Å². The first kappa shape index (κ1) is 21.9. The summed E-state index contributed by atoms with van der Waals surface area (Å²) in [5.74, 6) is 0. The van der Waals surface area contributed by atoms with Gasteiger partial charge in [0.15, 0.2) is 0 Å². The second-order valence-corrected chi connectivity index (χ2v) is 7.00. The molecule has 2 atom stereocenters. The summed E-state index contributed by atoms with van der Waals surface area (Å²) >= 11 is 0. The lowest BCUT2D eigenvalue weighted by atomic mass is 10.0. The van der Waals surface area contributed by atoms with Crippen molar-refractivity contribution in [2.45, 2.75) is 129 Å². The first-order chi connectivity index (χ1) is 10.7. The molecule has 0 radical (unpaired) electrons. The van der Waals surface area contributed by atoms with Crippen molar-refractivity contribution in [1.29, 1.82) is 0 Å². The second kappa shape index (κ2) is 17.3. The van der Waals surface area contributed by atoms with Crippen LogP contribution in [-0.4, -0.2) is 22.4 Å². The molecule has 0 rings (SSSR count). The largest absolute Gasteiger partial charge is 0.393 e. The molecule has 0 aromatic heterocycles. The third-order valence-electron chi connectivity index (χ3n) is 4.61. The molecule has 2 unspecified atom stereocenters. The van der Waals surface area contributed by atoms with Crippen LogP contribution in [0.2, 0.25) is 0 Å². The highest BCUT2D eigenvalue weighted by atomic mass is 16.3. The van der Waals surface area contributed by atoms with Gasteiger partial charge in [-0.1, -0.05) is 90.9 Å². The van der Waals surface area contributed by atoms with E-state index in [4.69, 9.17) is 0 Å². The van der Waals surface area contributed by atoms with E-state index >= 15 is 0 Å². The number of unbranched alkanes of at least 4 members (excludes halogenated alkanes) is 9. The molecule has 0 aliphatic rings. The molecule has 22 heavy (non-hydrogen) atoms. The summed E-state index contributed by atoms with van der Waals surface area (Å²) < 4.78 is 0. The summed E-state index contributed by atoms with van der Waals surface area (Å²) in [5, 5.41) is 19.7. The summed E-state index contributed by atoms with van der Waals surface area (Å²) in [4.78, 5) is 0. The van der Waals surface area contributed by atoms with Crippen LogP contribution in [0.25, 0.3) is 0 Å². The Balaban J connectivity index is 3.23. The quantitative estimate of drug-likeness (QED) is 0.324. The van der Waals surface area contributed by atoms with Gasteiger partial charge < -0.3 is 10.2 Å². The fourth-order valence-corrected chi connectivity index (χ4v) is 3.00. The fourth-order valence-electron chi connectivity index (χ4n) is 3.00. The fraction of sp³-hybridized carbons (Fsp3) is 1.00. The highest BCUT2D eigenvalue weighted by Crippen LogP contribution is 2.15. The molecule has 0 aromatic carbocycles. The predicted molar refractivity (Wildman–Crippen MR) is 97.2 cm³/mol. The van der Waals surface area contributed by atoms with Crippen molar-refractivity contribution in [3.05, 3.63) is 0 Å². The maximum atomic E-state index is 9.97. The summed E-state index contributed by atoms with van der Waals surface area (Å²) in [6.07, 6.45) is 18.5. The molecule has 0 aromatic rings. The molecule has 0 spiro atoms. The molecule has 0 amide bonds. The zero-order valence-electron chi connectivity index (χ0n) is 15.4. The molecule has 2 nitrogen and oxygen atoms in total. The van der Waals surface area contributed by atoms with Crippen LogP contribution in [-0.2, 0) is 0 Å². The molecule has 0 saturated heterocycles. The molecule has 0 aliphatic heterocycles. The molecule has 0 heterocycles. The van der Waals surface area contributed by atoms with E-state index in [0.717, 1.165) is 51.4 Å². The number of rotatable bonds is 17. The normalized spacial score (nSPS) is 14.2. The Bertz CT molecular complexity index is 206. The Hall–Kier alpha value is -0.0800. The van der Waals surface area contributed by atoms with Crippen molar-refractivity contribution in [2.24, 2.45) is 0 Å². The third kappa shape index (κ3) is 16.3. The summed E-state index contributed by atoms with van der Waals surface area (Å²) in [6.45, 7) is 4.42. The standard InChI is InChI=1S/C20H42O2/c1-3-5-7-8-9-10-12-16-20(22)18-14-11-13-17-19(21)15-6-4-2/h19-22H,3-18H2,1-2H3. The van der Waals surface area contributed by atoms with E-state index in [0.29, 0.717) is 0 Å². The van der Waals surface area contributed by atoms with Crippen molar-refractivity contribution in [2.75, 3.05) is 0 Å². The Morgan fingerprint density at radius 1 is 0.455 bits per heavy atom. The number of hydrogen-bond acceptors (Lipinski definition) is 2. The van der Waals surface area contributed by atoms with E-state index in [2.05, 4.69) is 13.8 Å². The first-order valence-electron chi connectivity index (χ1n) is 10.1. The van der Waals surface area contributed by atoms with E-state index in [1.807, 2.05) is 0 Å². The molecule has 0 aliphatic carbocycles. The molecule has 0 fully saturated rings. The molecular formula is C20H42O2. The minimum Gasteiger partial charge on any atom is -0.393 e. The first-order valence-corrected chi connectivity index (χ1v) is 10.1. The zero-order valence-corrected chi connectivity index (χ0v) is 15.4. The number of aliphatic hydroxyl groups is 2. The third-order valence-corrected chi connectivity index (χ3v) is 4.61. The van der Waals surface area contributed by atoms with Gasteiger partial charge in [-0.05, 0) is 25.7 Å². The Kier molecular flexibility index (Phi) is 17.2. The van der Waals surface area contributed by atoms with E-state index in [1.165, 1.54) is 51.4 Å². The van der Waals surface area contributed by atoms with Gasteiger partial charge in [-0.3, -0.25) is 0 Å². The van der Waals surface area contributed by atoms with E-state index < -0.39 is 0 Å². The van der Waals surface area contributed by atoms with Crippen molar-refractivity contribution < 1.29 is 10.2 Å². The van der Waals surface area contributed by atoms with Gasteiger partial charge in [-0.25, -0.2) is 0 Å².